The zero-order valence-electron chi connectivity index (χ0n) is 25.5. The molecule has 0 aliphatic rings. The van der Waals surface area contributed by atoms with E-state index in [0.29, 0.717) is 6.54 Å². The Morgan fingerprint density at radius 1 is 0.538 bits per heavy atom. The summed E-state index contributed by atoms with van der Waals surface area (Å²) in [6.07, 6.45) is 24.4. The molecule has 0 aromatic rings. The van der Waals surface area contributed by atoms with Gasteiger partial charge < -0.3 is 19.8 Å². The highest BCUT2D eigenvalue weighted by Gasteiger charge is 2.38. The average Bonchev–Trinajstić information content (AvgIpc) is 2.87. The van der Waals surface area contributed by atoms with E-state index in [4.69, 9.17) is 0 Å². The van der Waals surface area contributed by atoms with Gasteiger partial charge in [0.2, 0.25) is 0 Å². The zero-order valence-corrected chi connectivity index (χ0v) is 25.5. The van der Waals surface area contributed by atoms with E-state index < -0.39 is 35.7 Å². The first-order chi connectivity index (χ1) is 18.5. The van der Waals surface area contributed by atoms with E-state index in [9.17, 15) is 29.7 Å². The third kappa shape index (κ3) is 19.8. The second-order valence-electron chi connectivity index (χ2n) is 12.0. The molecule has 3 atom stereocenters. The van der Waals surface area contributed by atoms with Crippen molar-refractivity contribution in [3.63, 3.8) is 0 Å². The molecule has 0 spiro atoms. The molecule has 0 fully saturated rings. The molecule has 0 aromatic carbocycles. The number of rotatable bonds is 27. The minimum atomic E-state index is -0.941. The van der Waals surface area contributed by atoms with Gasteiger partial charge in [0.05, 0.1) is 26.2 Å². The Morgan fingerprint density at radius 3 is 1.18 bits per heavy atom. The fourth-order valence-electron chi connectivity index (χ4n) is 5.52. The number of nitrogens with zero attached hydrogens (tertiary/aromatic N) is 1. The largest absolute Gasteiger partial charge is 0.481 e. The van der Waals surface area contributed by atoms with Crippen molar-refractivity contribution < 1.29 is 34.2 Å². The molecule has 0 radical (unpaired) electrons. The van der Waals surface area contributed by atoms with Crippen molar-refractivity contribution >= 4 is 17.9 Å². The van der Waals surface area contributed by atoms with Crippen LogP contribution in [-0.2, 0) is 14.4 Å². The minimum absolute atomic E-state index is 0.205. The van der Waals surface area contributed by atoms with Crippen molar-refractivity contribution in [1.29, 1.82) is 0 Å². The molecular weight excluding hydrogens is 494 g/mol. The molecule has 7 nitrogen and oxygen atoms in total. The Kier molecular flexibility index (Phi) is 21.8. The first kappa shape index (κ1) is 37.1. The van der Waals surface area contributed by atoms with Crippen LogP contribution in [0.3, 0.4) is 0 Å². The summed E-state index contributed by atoms with van der Waals surface area (Å²) in [4.78, 5) is 34.8. The summed E-state index contributed by atoms with van der Waals surface area (Å²) >= 11 is 0. The van der Waals surface area contributed by atoms with Crippen molar-refractivity contribution in [2.45, 2.75) is 130 Å². The third-order valence-corrected chi connectivity index (χ3v) is 7.89. The molecule has 228 valence electrons. The van der Waals surface area contributed by atoms with Gasteiger partial charge in [0.1, 0.15) is 17.8 Å². The molecule has 0 aromatic heterocycles. The van der Waals surface area contributed by atoms with Crippen molar-refractivity contribution in [3.8, 4) is 0 Å². The van der Waals surface area contributed by atoms with Crippen LogP contribution in [-0.4, -0.2) is 63.9 Å². The van der Waals surface area contributed by atoms with Gasteiger partial charge in [-0.05, 0) is 52.9 Å². The van der Waals surface area contributed by atoms with Crippen LogP contribution in [0.2, 0.25) is 0 Å². The fraction of sp³-hybridized carbons (Fsp3) is 0.844. The monoisotopic (exact) mass is 554 g/mol. The highest BCUT2D eigenvalue weighted by molar-refractivity contribution is 5.70. The number of hydrogen-bond acceptors (Lipinski definition) is 3. The molecule has 7 heteroatoms. The highest BCUT2D eigenvalue weighted by atomic mass is 16.4. The Bertz CT molecular complexity index is 637. The minimum Gasteiger partial charge on any atom is -0.481 e. The molecule has 0 aliphatic heterocycles. The number of carboxylic acid groups (broad SMARTS) is 3. The first-order valence-electron chi connectivity index (χ1n) is 15.7. The quantitative estimate of drug-likeness (QED) is 0.0543. The molecule has 0 bridgehead atoms. The molecule has 0 saturated carbocycles. The third-order valence-electron chi connectivity index (χ3n) is 7.89. The van der Waals surface area contributed by atoms with E-state index in [1.807, 2.05) is 0 Å². The predicted octanol–water partition coefficient (Wildman–Crippen LogP) is 7.78. The van der Waals surface area contributed by atoms with Crippen molar-refractivity contribution in [2.75, 3.05) is 26.2 Å². The second kappa shape index (κ2) is 22.9. The van der Waals surface area contributed by atoms with Gasteiger partial charge in [-0.25, -0.2) is 0 Å². The molecule has 0 aliphatic carbocycles. The number of quaternary nitrogens is 1. The van der Waals surface area contributed by atoms with Gasteiger partial charge >= 0.3 is 17.9 Å². The number of aliphatic carboxylic acids is 3. The van der Waals surface area contributed by atoms with Crippen molar-refractivity contribution in [2.24, 2.45) is 17.8 Å². The van der Waals surface area contributed by atoms with Crippen LogP contribution >= 0.6 is 0 Å². The molecule has 3 unspecified atom stereocenters. The van der Waals surface area contributed by atoms with E-state index in [2.05, 4.69) is 19.1 Å². The fourth-order valence-corrected chi connectivity index (χ4v) is 5.52. The van der Waals surface area contributed by atoms with Gasteiger partial charge in [0, 0.05) is 0 Å². The summed E-state index contributed by atoms with van der Waals surface area (Å²) in [6.45, 7) is 8.40. The molecular formula is C32H60NO6+. The van der Waals surface area contributed by atoms with Crippen LogP contribution < -0.4 is 0 Å². The maximum absolute atomic E-state index is 11.6. The summed E-state index contributed by atoms with van der Waals surface area (Å²) in [6, 6.07) is 0. The van der Waals surface area contributed by atoms with Crippen LogP contribution in [0.25, 0.3) is 0 Å². The Morgan fingerprint density at radius 2 is 0.846 bits per heavy atom. The molecule has 0 rings (SSSR count). The molecule has 3 N–H and O–H groups in total. The number of carbonyl (C=O) groups is 3. The number of carboxylic acids is 3. The Labute approximate surface area is 238 Å². The summed E-state index contributed by atoms with van der Waals surface area (Å²) in [7, 11) is 0. The van der Waals surface area contributed by atoms with E-state index in [1.165, 1.54) is 77.0 Å². The van der Waals surface area contributed by atoms with Gasteiger partial charge in [0.15, 0.2) is 0 Å². The summed E-state index contributed by atoms with van der Waals surface area (Å²) in [5.74, 6) is -4.86. The summed E-state index contributed by atoms with van der Waals surface area (Å²) in [5.41, 5.74) is 0. The lowest BCUT2D eigenvalue weighted by Crippen LogP contribution is -2.57. The van der Waals surface area contributed by atoms with E-state index in [0.717, 1.165) is 25.7 Å². The van der Waals surface area contributed by atoms with Crippen LogP contribution in [0.1, 0.15) is 130 Å². The SMILES string of the molecule is CCCCCCCCCCCCCC/C=C/CCCC[N+](CC(C)C(=O)O)(CC(C)C(=O)O)CC(C)C(=O)O. The summed E-state index contributed by atoms with van der Waals surface area (Å²) in [5, 5.41) is 28.5. The molecule has 0 saturated heterocycles. The topological polar surface area (TPSA) is 112 Å². The number of hydrogen-bond donors (Lipinski definition) is 3. The second-order valence-corrected chi connectivity index (χ2v) is 12.0. The van der Waals surface area contributed by atoms with Crippen LogP contribution in [0, 0.1) is 17.8 Å². The van der Waals surface area contributed by atoms with Crippen molar-refractivity contribution in [1.82, 2.24) is 0 Å². The standard InChI is InChI=1S/C32H59NO6/c1-5-6-7-8-9-10-11-12-13-14-15-16-17-18-19-20-21-22-23-33(24-27(2)30(34)35,25-28(3)31(36)37)26-29(4)32(38)39/h18-19,27-29H,5-17,20-26H2,1-4H3,(H2-,34,35,36,37,38,39)/p+1/b19-18+. The van der Waals surface area contributed by atoms with E-state index in [-0.39, 0.29) is 24.1 Å². The smallest absolute Gasteiger partial charge is 0.311 e. The maximum Gasteiger partial charge on any atom is 0.311 e. The predicted molar refractivity (Wildman–Crippen MR) is 159 cm³/mol. The Hall–Kier alpha value is -1.89. The van der Waals surface area contributed by atoms with Crippen molar-refractivity contribution in [3.05, 3.63) is 12.2 Å². The zero-order chi connectivity index (χ0) is 29.5. The first-order valence-corrected chi connectivity index (χ1v) is 15.7. The van der Waals surface area contributed by atoms with Crippen LogP contribution in [0.4, 0.5) is 0 Å². The van der Waals surface area contributed by atoms with E-state index in [1.54, 1.807) is 20.8 Å². The summed E-state index contributed by atoms with van der Waals surface area (Å²) < 4.78 is 0.205. The highest BCUT2D eigenvalue weighted by Crippen LogP contribution is 2.22. The van der Waals surface area contributed by atoms with E-state index >= 15 is 0 Å². The van der Waals surface area contributed by atoms with Gasteiger partial charge in [-0.3, -0.25) is 14.4 Å². The number of allylic oxidation sites excluding steroid dienone is 2. The van der Waals surface area contributed by atoms with Gasteiger partial charge in [-0.15, -0.1) is 0 Å². The van der Waals surface area contributed by atoms with Crippen LogP contribution in [0.5, 0.6) is 0 Å². The lowest BCUT2D eigenvalue weighted by molar-refractivity contribution is -0.934. The van der Waals surface area contributed by atoms with Crippen LogP contribution in [0.15, 0.2) is 12.2 Å². The Balaban J connectivity index is 4.43. The number of unbranched alkanes of at least 4 members (excludes halogenated alkanes) is 14. The normalized spacial score (nSPS) is 15.6. The maximum atomic E-state index is 11.6. The lowest BCUT2D eigenvalue weighted by atomic mass is 10.0. The van der Waals surface area contributed by atoms with Gasteiger partial charge in [-0.2, -0.15) is 0 Å². The molecule has 0 amide bonds. The average molecular weight is 555 g/mol. The molecule has 0 heterocycles. The molecule has 39 heavy (non-hydrogen) atoms. The van der Waals surface area contributed by atoms with Gasteiger partial charge in [0.25, 0.3) is 0 Å². The lowest BCUT2D eigenvalue weighted by Gasteiger charge is -2.42. The van der Waals surface area contributed by atoms with Gasteiger partial charge in [-0.1, -0.05) is 89.7 Å².